The number of hydrogen-bond acceptors (Lipinski definition) is 5. The summed E-state index contributed by atoms with van der Waals surface area (Å²) < 4.78 is 25.5. The van der Waals surface area contributed by atoms with E-state index in [2.05, 4.69) is 25.2 Å². The molecular weight excluding hydrogens is 368 g/mol. The second-order valence-corrected chi connectivity index (χ2v) is 9.68. The third-order valence-electron chi connectivity index (χ3n) is 4.22. The van der Waals surface area contributed by atoms with Crippen LogP contribution in [0.3, 0.4) is 0 Å². The third-order valence-corrected chi connectivity index (χ3v) is 5.15. The van der Waals surface area contributed by atoms with Gasteiger partial charge in [0.2, 0.25) is 15.9 Å². The van der Waals surface area contributed by atoms with Crippen LogP contribution in [0.1, 0.15) is 33.6 Å². The predicted octanol–water partition coefficient (Wildman–Crippen LogP) is -0.578. The van der Waals surface area contributed by atoms with Crippen LogP contribution in [0.4, 0.5) is 0 Å². The molecule has 1 amide bonds. The van der Waals surface area contributed by atoms with Crippen LogP contribution in [0.5, 0.6) is 0 Å². The largest absolute Gasteiger partial charge is 0.357 e. The van der Waals surface area contributed by atoms with Crippen molar-refractivity contribution >= 4 is 21.9 Å². The summed E-state index contributed by atoms with van der Waals surface area (Å²) in [6.45, 7) is 8.83. The summed E-state index contributed by atoms with van der Waals surface area (Å²) in [4.78, 5) is 20.2. The van der Waals surface area contributed by atoms with Crippen molar-refractivity contribution in [3.63, 3.8) is 0 Å². The van der Waals surface area contributed by atoms with Crippen molar-refractivity contribution in [2.75, 3.05) is 53.1 Å². The van der Waals surface area contributed by atoms with Gasteiger partial charge in [-0.05, 0) is 33.6 Å². The van der Waals surface area contributed by atoms with E-state index < -0.39 is 15.6 Å². The zero-order chi connectivity index (χ0) is 20.7. The molecule has 0 spiro atoms. The Morgan fingerprint density at radius 2 is 1.85 bits per heavy atom. The molecule has 1 saturated heterocycles. The lowest BCUT2D eigenvalue weighted by Crippen LogP contribution is -2.51. The fourth-order valence-electron chi connectivity index (χ4n) is 2.89. The van der Waals surface area contributed by atoms with E-state index in [1.54, 1.807) is 32.8 Å². The van der Waals surface area contributed by atoms with Gasteiger partial charge in [0.05, 0.1) is 19.3 Å². The predicted molar refractivity (Wildman–Crippen MR) is 109 cm³/mol. The van der Waals surface area contributed by atoms with Crippen molar-refractivity contribution in [1.82, 2.24) is 25.2 Å². The summed E-state index contributed by atoms with van der Waals surface area (Å²) >= 11 is 0. The van der Waals surface area contributed by atoms with Crippen molar-refractivity contribution < 1.29 is 13.2 Å². The highest BCUT2D eigenvalue weighted by molar-refractivity contribution is 7.88. The Bertz CT molecular complexity index is 610. The molecule has 0 aliphatic carbocycles. The second-order valence-electron chi connectivity index (χ2n) is 7.94. The normalized spacial score (nSPS) is 17.6. The molecule has 158 valence electrons. The van der Waals surface area contributed by atoms with E-state index in [0.29, 0.717) is 19.0 Å². The number of likely N-dealkylation sites (tertiary alicyclic amines) is 1. The number of sulfonamides is 1. The molecule has 10 heteroatoms. The number of nitrogens with one attached hydrogen (secondary N) is 3. The molecule has 3 N–H and O–H groups in total. The summed E-state index contributed by atoms with van der Waals surface area (Å²) in [5, 5.41) is 6.64. The lowest BCUT2D eigenvalue weighted by atomic mass is 10.1. The maximum absolute atomic E-state index is 11.8. The van der Waals surface area contributed by atoms with Crippen molar-refractivity contribution in [3.8, 4) is 0 Å². The molecule has 0 aromatic rings. The molecule has 1 rings (SSSR count). The van der Waals surface area contributed by atoms with Gasteiger partial charge >= 0.3 is 0 Å². The van der Waals surface area contributed by atoms with E-state index in [0.717, 1.165) is 38.7 Å². The Labute approximate surface area is 164 Å². The first kappa shape index (κ1) is 23.6. The van der Waals surface area contributed by atoms with Gasteiger partial charge in [-0.15, -0.1) is 0 Å². The fraction of sp³-hybridized carbons (Fsp3) is 0.882. The summed E-state index contributed by atoms with van der Waals surface area (Å²) in [6.07, 6.45) is 3.00. The highest BCUT2D eigenvalue weighted by Crippen LogP contribution is 2.11. The maximum Gasteiger partial charge on any atom is 0.236 e. The minimum atomic E-state index is -3.29. The zero-order valence-corrected chi connectivity index (χ0v) is 18.3. The first-order valence-corrected chi connectivity index (χ1v) is 11.3. The van der Waals surface area contributed by atoms with E-state index >= 15 is 0 Å². The van der Waals surface area contributed by atoms with Gasteiger partial charge in [-0.1, -0.05) is 0 Å². The molecule has 0 atom stereocenters. The smallest absolute Gasteiger partial charge is 0.236 e. The first-order chi connectivity index (χ1) is 12.4. The number of carbonyl (C=O) groups is 1. The van der Waals surface area contributed by atoms with Gasteiger partial charge in [0.25, 0.3) is 0 Å². The molecule has 0 bridgehead atoms. The number of guanidine groups is 1. The fourth-order valence-corrected chi connectivity index (χ4v) is 3.96. The minimum absolute atomic E-state index is 0.122. The van der Waals surface area contributed by atoms with Crippen LogP contribution >= 0.6 is 0 Å². The van der Waals surface area contributed by atoms with Crippen LogP contribution < -0.4 is 15.4 Å². The molecule has 0 aromatic heterocycles. The summed E-state index contributed by atoms with van der Waals surface area (Å²) in [6, 6.07) is 0.277. The van der Waals surface area contributed by atoms with Gasteiger partial charge < -0.3 is 15.5 Å². The van der Waals surface area contributed by atoms with Crippen LogP contribution in [-0.4, -0.2) is 94.7 Å². The first-order valence-electron chi connectivity index (χ1n) is 9.38. The molecule has 0 radical (unpaired) electrons. The quantitative estimate of drug-likeness (QED) is 0.369. The number of rotatable bonds is 8. The SMILES string of the molecule is CCNC(=NCC(C)(C)NS(C)(=O)=O)NC1CCN(CC(=O)N(C)C)CC1. The highest BCUT2D eigenvalue weighted by Gasteiger charge is 2.24. The molecule has 1 aliphatic heterocycles. The molecule has 9 nitrogen and oxygen atoms in total. The van der Waals surface area contributed by atoms with Crippen molar-refractivity contribution in [1.29, 1.82) is 0 Å². The molecular formula is C17H36N6O3S. The number of nitrogens with zero attached hydrogens (tertiary/aromatic N) is 3. The van der Waals surface area contributed by atoms with Crippen LogP contribution in [-0.2, 0) is 14.8 Å². The van der Waals surface area contributed by atoms with Gasteiger partial charge in [0.15, 0.2) is 5.96 Å². The molecule has 1 fully saturated rings. The van der Waals surface area contributed by atoms with Gasteiger partial charge in [0, 0.05) is 45.3 Å². The highest BCUT2D eigenvalue weighted by atomic mass is 32.2. The number of amides is 1. The van der Waals surface area contributed by atoms with Gasteiger partial charge in [-0.2, -0.15) is 0 Å². The Kier molecular flexibility index (Phi) is 8.97. The van der Waals surface area contributed by atoms with Crippen LogP contribution in [0.15, 0.2) is 4.99 Å². The average molecular weight is 405 g/mol. The standard InChI is InChI=1S/C17H36N6O3S/c1-7-18-16(19-13-17(2,3)21-27(6,25)26)20-14-8-10-23(11-9-14)12-15(24)22(4)5/h14,21H,7-13H2,1-6H3,(H2,18,19,20). The van der Waals surface area contributed by atoms with Gasteiger partial charge in [-0.3, -0.25) is 14.7 Å². The number of carbonyl (C=O) groups excluding carboxylic acids is 1. The monoisotopic (exact) mass is 404 g/mol. The molecule has 0 unspecified atom stereocenters. The van der Waals surface area contributed by atoms with E-state index in [1.165, 1.54) is 0 Å². The topological polar surface area (TPSA) is 106 Å². The maximum atomic E-state index is 11.8. The zero-order valence-electron chi connectivity index (χ0n) is 17.5. The average Bonchev–Trinajstić information content (AvgIpc) is 2.52. The summed E-state index contributed by atoms with van der Waals surface area (Å²) in [5.74, 6) is 0.806. The van der Waals surface area contributed by atoms with E-state index in [4.69, 9.17) is 0 Å². The minimum Gasteiger partial charge on any atom is -0.357 e. The number of likely N-dealkylation sites (N-methyl/N-ethyl adjacent to an activating group) is 1. The van der Waals surface area contributed by atoms with E-state index in [-0.39, 0.29) is 11.9 Å². The number of piperidine rings is 1. The van der Waals surface area contributed by atoms with Gasteiger partial charge in [-0.25, -0.2) is 13.1 Å². The van der Waals surface area contributed by atoms with Crippen molar-refractivity contribution in [3.05, 3.63) is 0 Å². The van der Waals surface area contributed by atoms with Gasteiger partial charge in [0.1, 0.15) is 0 Å². The second kappa shape index (κ2) is 10.2. The Morgan fingerprint density at radius 3 is 2.33 bits per heavy atom. The molecule has 1 heterocycles. The number of hydrogen-bond donors (Lipinski definition) is 3. The van der Waals surface area contributed by atoms with Crippen molar-refractivity contribution in [2.24, 2.45) is 4.99 Å². The third kappa shape index (κ3) is 9.92. The Hall–Kier alpha value is -1.39. The number of aliphatic imine (C=N–C) groups is 1. The molecule has 0 aromatic carbocycles. The Balaban J connectivity index is 2.57. The van der Waals surface area contributed by atoms with Crippen LogP contribution in [0, 0.1) is 0 Å². The van der Waals surface area contributed by atoms with Crippen LogP contribution in [0.25, 0.3) is 0 Å². The lowest BCUT2D eigenvalue weighted by Gasteiger charge is -2.33. The lowest BCUT2D eigenvalue weighted by molar-refractivity contribution is -0.130. The molecule has 1 aliphatic rings. The summed E-state index contributed by atoms with van der Waals surface area (Å²) in [7, 11) is 0.259. The van der Waals surface area contributed by atoms with Crippen LogP contribution in [0.2, 0.25) is 0 Å². The Morgan fingerprint density at radius 1 is 1.26 bits per heavy atom. The van der Waals surface area contributed by atoms with E-state index in [9.17, 15) is 13.2 Å². The molecule has 0 saturated carbocycles. The summed E-state index contributed by atoms with van der Waals surface area (Å²) in [5.41, 5.74) is -0.661. The van der Waals surface area contributed by atoms with Crippen molar-refractivity contribution in [2.45, 2.75) is 45.2 Å². The van der Waals surface area contributed by atoms with E-state index in [1.807, 2.05) is 6.92 Å². The molecule has 27 heavy (non-hydrogen) atoms.